The smallest absolute Gasteiger partial charge is 0.253 e. The van der Waals surface area contributed by atoms with Crippen molar-refractivity contribution in [1.82, 2.24) is 10.3 Å². The number of H-pyrrole nitrogens is 1. The Morgan fingerprint density at radius 2 is 2.25 bits per heavy atom. The van der Waals surface area contributed by atoms with E-state index in [1.165, 1.54) is 0 Å². The molecule has 2 N–H and O–H groups in total. The summed E-state index contributed by atoms with van der Waals surface area (Å²) in [5.74, 6) is 0.0377. The average Bonchev–Trinajstić information content (AvgIpc) is 2.29. The number of hydrogen-bond donors (Lipinski definition) is 2. The van der Waals surface area contributed by atoms with Crippen LogP contribution in [0.3, 0.4) is 0 Å². The molecule has 0 aromatic carbocycles. The number of carbonyl (C=O) groups is 1. The van der Waals surface area contributed by atoms with Gasteiger partial charge in [-0.15, -0.1) is 0 Å². The number of hydrogen-bond acceptors (Lipinski definition) is 1. The first kappa shape index (κ1) is 7.86. The van der Waals surface area contributed by atoms with Crippen molar-refractivity contribution in [2.24, 2.45) is 0 Å². The Morgan fingerprint density at radius 1 is 1.50 bits per heavy atom. The highest BCUT2D eigenvalue weighted by molar-refractivity contribution is 9.10. The number of halogens is 1. The zero-order valence-corrected chi connectivity index (χ0v) is 8.29. The highest BCUT2D eigenvalue weighted by atomic mass is 79.9. The number of nitrogens with one attached hydrogen (secondary N) is 2. The molecular formula is C8H9BrN2O. The lowest BCUT2D eigenvalue weighted by Crippen LogP contribution is -2.31. The molecule has 4 heteroatoms. The molecule has 1 amide bonds. The highest BCUT2D eigenvalue weighted by Crippen LogP contribution is 2.25. The van der Waals surface area contributed by atoms with Crippen molar-refractivity contribution >= 4 is 21.8 Å². The predicted octanol–water partition coefficient (Wildman–Crippen LogP) is 1.37. The highest BCUT2D eigenvalue weighted by Gasteiger charge is 2.22. The van der Waals surface area contributed by atoms with Crippen LogP contribution in [0.2, 0.25) is 0 Å². The van der Waals surface area contributed by atoms with Gasteiger partial charge in [-0.05, 0) is 34.8 Å². The molecule has 1 aromatic rings. The lowest BCUT2D eigenvalue weighted by Gasteiger charge is -2.12. The van der Waals surface area contributed by atoms with Crippen LogP contribution in [0, 0.1) is 6.92 Å². The number of aromatic amines is 1. The molecule has 0 radical (unpaired) electrons. The minimum atomic E-state index is 0.0377. The molecule has 0 saturated carbocycles. The molecule has 1 aliphatic rings. The second kappa shape index (κ2) is 2.62. The van der Waals surface area contributed by atoms with Crippen LogP contribution in [0.4, 0.5) is 0 Å². The van der Waals surface area contributed by atoms with Crippen LogP contribution >= 0.6 is 15.9 Å². The summed E-state index contributed by atoms with van der Waals surface area (Å²) in [5, 5.41) is 2.81. The number of rotatable bonds is 0. The van der Waals surface area contributed by atoms with Gasteiger partial charge < -0.3 is 10.3 Å². The lowest BCUT2D eigenvalue weighted by molar-refractivity contribution is 0.0946. The third-order valence-electron chi connectivity index (χ3n) is 2.13. The van der Waals surface area contributed by atoms with Gasteiger partial charge in [-0.3, -0.25) is 4.79 Å². The molecule has 0 atom stereocenters. The number of amides is 1. The van der Waals surface area contributed by atoms with Gasteiger partial charge in [-0.25, -0.2) is 0 Å². The maximum absolute atomic E-state index is 11.4. The van der Waals surface area contributed by atoms with Gasteiger partial charge in [0.05, 0.1) is 10.2 Å². The Labute approximate surface area is 78.7 Å². The summed E-state index contributed by atoms with van der Waals surface area (Å²) in [6, 6.07) is 0. The van der Waals surface area contributed by atoms with Crippen LogP contribution in [-0.2, 0) is 6.42 Å². The monoisotopic (exact) mass is 228 g/mol. The summed E-state index contributed by atoms with van der Waals surface area (Å²) in [6.07, 6.45) is 0.909. The number of aromatic nitrogens is 1. The maximum Gasteiger partial charge on any atom is 0.253 e. The summed E-state index contributed by atoms with van der Waals surface area (Å²) in [5.41, 5.74) is 2.86. The molecule has 0 spiro atoms. The van der Waals surface area contributed by atoms with Crippen molar-refractivity contribution < 1.29 is 4.79 Å². The molecule has 12 heavy (non-hydrogen) atoms. The van der Waals surface area contributed by atoms with Gasteiger partial charge in [0.2, 0.25) is 0 Å². The predicted molar refractivity (Wildman–Crippen MR) is 49.3 cm³/mol. The van der Waals surface area contributed by atoms with Crippen LogP contribution in [0.15, 0.2) is 4.60 Å². The van der Waals surface area contributed by atoms with Gasteiger partial charge in [0.15, 0.2) is 0 Å². The van der Waals surface area contributed by atoms with Crippen LogP contribution in [-0.4, -0.2) is 17.4 Å². The molecule has 2 heterocycles. The van der Waals surface area contributed by atoms with Crippen molar-refractivity contribution in [1.29, 1.82) is 0 Å². The van der Waals surface area contributed by atoms with Crippen LogP contribution in [0.1, 0.15) is 21.6 Å². The fraction of sp³-hybridized carbons (Fsp3) is 0.375. The van der Waals surface area contributed by atoms with E-state index in [1.807, 2.05) is 6.92 Å². The minimum Gasteiger partial charge on any atom is -0.352 e. The number of aryl methyl sites for hydroxylation is 1. The molecule has 1 aromatic heterocycles. The molecule has 0 unspecified atom stereocenters. The third kappa shape index (κ3) is 0.982. The molecule has 0 bridgehead atoms. The molecule has 64 valence electrons. The minimum absolute atomic E-state index is 0.0377. The Bertz CT molecular complexity index is 343. The van der Waals surface area contributed by atoms with Crippen molar-refractivity contribution in [3.8, 4) is 0 Å². The first-order chi connectivity index (χ1) is 5.70. The second-order valence-corrected chi connectivity index (χ2v) is 3.72. The summed E-state index contributed by atoms with van der Waals surface area (Å²) >= 11 is 3.39. The SMILES string of the molecule is Cc1[nH]c(Br)c2c1C(=O)NCC2. The van der Waals surface area contributed by atoms with E-state index in [0.717, 1.165) is 34.4 Å². The van der Waals surface area contributed by atoms with E-state index in [4.69, 9.17) is 0 Å². The van der Waals surface area contributed by atoms with Gasteiger partial charge in [0, 0.05) is 12.2 Å². The van der Waals surface area contributed by atoms with Gasteiger partial charge in [-0.2, -0.15) is 0 Å². The van der Waals surface area contributed by atoms with Gasteiger partial charge in [0.25, 0.3) is 5.91 Å². The molecule has 1 aliphatic heterocycles. The van der Waals surface area contributed by atoms with Crippen molar-refractivity contribution in [3.05, 3.63) is 21.4 Å². The fourth-order valence-corrected chi connectivity index (χ4v) is 2.26. The van der Waals surface area contributed by atoms with Crippen molar-refractivity contribution in [2.45, 2.75) is 13.3 Å². The van der Waals surface area contributed by atoms with Gasteiger partial charge >= 0.3 is 0 Å². The Kier molecular flexibility index (Phi) is 1.72. The van der Waals surface area contributed by atoms with Gasteiger partial charge in [-0.1, -0.05) is 0 Å². The molecule has 0 aliphatic carbocycles. The molecule has 2 rings (SSSR count). The summed E-state index contributed by atoms with van der Waals surface area (Å²) in [4.78, 5) is 14.5. The van der Waals surface area contributed by atoms with E-state index in [0.29, 0.717) is 0 Å². The Balaban J connectivity index is 2.62. The second-order valence-electron chi connectivity index (χ2n) is 2.92. The van der Waals surface area contributed by atoms with E-state index in [9.17, 15) is 4.79 Å². The number of fused-ring (bicyclic) bond motifs is 1. The van der Waals surface area contributed by atoms with E-state index < -0.39 is 0 Å². The zero-order valence-electron chi connectivity index (χ0n) is 6.70. The van der Waals surface area contributed by atoms with E-state index in [1.54, 1.807) is 0 Å². The largest absolute Gasteiger partial charge is 0.352 e. The molecule has 0 fully saturated rings. The zero-order chi connectivity index (χ0) is 8.72. The normalized spacial score (nSPS) is 15.7. The lowest BCUT2D eigenvalue weighted by atomic mass is 10.0. The maximum atomic E-state index is 11.4. The molecular weight excluding hydrogens is 220 g/mol. The van der Waals surface area contributed by atoms with Crippen LogP contribution < -0.4 is 5.32 Å². The summed E-state index contributed by atoms with van der Waals surface area (Å²) in [7, 11) is 0. The van der Waals surface area contributed by atoms with E-state index >= 15 is 0 Å². The fourth-order valence-electron chi connectivity index (χ4n) is 1.57. The molecule has 3 nitrogen and oxygen atoms in total. The van der Waals surface area contributed by atoms with Crippen molar-refractivity contribution in [2.75, 3.05) is 6.54 Å². The summed E-state index contributed by atoms with van der Waals surface area (Å²) in [6.45, 7) is 2.65. The number of carbonyl (C=O) groups excluding carboxylic acids is 1. The van der Waals surface area contributed by atoms with Crippen LogP contribution in [0.5, 0.6) is 0 Å². The van der Waals surface area contributed by atoms with Crippen LogP contribution in [0.25, 0.3) is 0 Å². The Morgan fingerprint density at radius 3 is 2.92 bits per heavy atom. The third-order valence-corrected chi connectivity index (χ3v) is 2.80. The Hall–Kier alpha value is -0.770. The quantitative estimate of drug-likeness (QED) is 0.693. The molecule has 0 saturated heterocycles. The van der Waals surface area contributed by atoms with E-state index in [2.05, 4.69) is 26.2 Å². The first-order valence-electron chi connectivity index (χ1n) is 3.85. The van der Waals surface area contributed by atoms with Crippen molar-refractivity contribution in [3.63, 3.8) is 0 Å². The summed E-state index contributed by atoms with van der Waals surface area (Å²) < 4.78 is 0.949. The van der Waals surface area contributed by atoms with E-state index in [-0.39, 0.29) is 5.91 Å². The topological polar surface area (TPSA) is 44.9 Å². The standard InChI is InChI=1S/C8H9BrN2O/c1-4-6-5(7(9)11-4)2-3-10-8(6)12/h11H,2-3H2,1H3,(H,10,12). The average molecular weight is 229 g/mol. The first-order valence-corrected chi connectivity index (χ1v) is 4.64. The van der Waals surface area contributed by atoms with Gasteiger partial charge in [0.1, 0.15) is 0 Å².